The third-order valence-corrected chi connectivity index (χ3v) is 8.12. The highest BCUT2D eigenvalue weighted by molar-refractivity contribution is 7.90. The Morgan fingerprint density at radius 1 is 0.867 bits per heavy atom. The van der Waals surface area contributed by atoms with E-state index in [0.717, 1.165) is 48.9 Å². The summed E-state index contributed by atoms with van der Waals surface area (Å²) >= 11 is 0. The first kappa shape index (κ1) is 21.0. The van der Waals surface area contributed by atoms with Crippen molar-refractivity contribution in [3.05, 3.63) is 54.1 Å². The van der Waals surface area contributed by atoms with Crippen LogP contribution in [0.4, 0.5) is 5.69 Å². The fraction of sp³-hybridized carbons (Fsp3) is 0.455. The number of nitrogens with one attached hydrogen (secondary N) is 1. The highest BCUT2D eigenvalue weighted by atomic mass is 32.2. The summed E-state index contributed by atoms with van der Waals surface area (Å²) in [7, 11) is -0.173. The number of benzene rings is 2. The van der Waals surface area contributed by atoms with Gasteiger partial charge in [0.15, 0.2) is 0 Å². The number of rotatable bonds is 5. The lowest BCUT2D eigenvalue weighted by Crippen LogP contribution is -2.55. The van der Waals surface area contributed by atoms with Crippen molar-refractivity contribution in [2.45, 2.75) is 18.3 Å². The average Bonchev–Trinajstić information content (AvgIpc) is 3.02. The summed E-state index contributed by atoms with van der Waals surface area (Å²) in [5, 5.41) is -0.562. The van der Waals surface area contributed by atoms with Crippen LogP contribution in [0, 0.1) is 5.92 Å². The van der Waals surface area contributed by atoms with Crippen LogP contribution < -0.4 is 19.1 Å². The Morgan fingerprint density at radius 2 is 1.40 bits per heavy atom. The molecule has 0 aromatic heterocycles. The molecular weight excluding hydrogens is 402 g/mol. The lowest BCUT2D eigenvalue weighted by Gasteiger charge is -2.40. The van der Waals surface area contributed by atoms with Gasteiger partial charge in [0.1, 0.15) is 16.7 Å². The minimum atomic E-state index is -3.44. The van der Waals surface area contributed by atoms with Crippen molar-refractivity contribution in [1.82, 2.24) is 9.62 Å². The van der Waals surface area contributed by atoms with Gasteiger partial charge < -0.3 is 14.4 Å². The average molecular weight is 432 g/mol. The van der Waals surface area contributed by atoms with Crippen LogP contribution in [0.5, 0.6) is 11.5 Å². The van der Waals surface area contributed by atoms with Gasteiger partial charge in [-0.15, -0.1) is 0 Å². The molecule has 2 aliphatic rings. The first-order valence-corrected chi connectivity index (χ1v) is 11.8. The second kappa shape index (κ2) is 8.45. The lowest BCUT2D eigenvalue weighted by molar-refractivity contribution is 0.140. The highest BCUT2D eigenvalue weighted by Gasteiger charge is 2.47. The molecule has 0 spiro atoms. The molecular formula is C22H29N3O4S. The van der Waals surface area contributed by atoms with Crippen molar-refractivity contribution in [1.29, 1.82) is 0 Å². The van der Waals surface area contributed by atoms with Crippen LogP contribution in [0.15, 0.2) is 48.5 Å². The molecule has 0 radical (unpaired) electrons. The number of sulfonamides is 1. The van der Waals surface area contributed by atoms with Crippen molar-refractivity contribution in [2.75, 3.05) is 45.3 Å². The standard InChI is InChI=1S/C22H29N3O4S/c1-16-21(17-4-8-19(28-2)9-5-17)30(26,27)23-22(16)25-14-12-24(13-15-25)18-6-10-20(29-3)11-7-18/h4-11,16,21-23H,12-15H2,1-3H3. The Kier molecular flexibility index (Phi) is 5.90. The molecule has 30 heavy (non-hydrogen) atoms. The maximum absolute atomic E-state index is 12.9. The molecule has 2 aliphatic heterocycles. The van der Waals surface area contributed by atoms with Gasteiger partial charge in [-0.1, -0.05) is 19.1 Å². The molecule has 0 amide bonds. The number of anilines is 1. The minimum Gasteiger partial charge on any atom is -0.497 e. The summed E-state index contributed by atoms with van der Waals surface area (Å²) in [5.41, 5.74) is 1.96. The zero-order chi connectivity index (χ0) is 21.3. The van der Waals surface area contributed by atoms with Gasteiger partial charge >= 0.3 is 0 Å². The van der Waals surface area contributed by atoms with Crippen LogP contribution >= 0.6 is 0 Å². The number of hydrogen-bond donors (Lipinski definition) is 1. The van der Waals surface area contributed by atoms with Gasteiger partial charge in [-0.05, 0) is 42.0 Å². The van der Waals surface area contributed by atoms with Gasteiger partial charge in [0.05, 0.1) is 20.4 Å². The molecule has 8 heteroatoms. The van der Waals surface area contributed by atoms with Gasteiger partial charge in [0.25, 0.3) is 0 Å². The normalized spacial score (nSPS) is 26.5. The first-order valence-electron chi connectivity index (χ1n) is 10.2. The van der Waals surface area contributed by atoms with Crippen molar-refractivity contribution < 1.29 is 17.9 Å². The van der Waals surface area contributed by atoms with Crippen LogP contribution in [-0.2, 0) is 10.0 Å². The summed E-state index contributed by atoms with van der Waals surface area (Å²) in [6.45, 7) is 5.33. The second-order valence-electron chi connectivity index (χ2n) is 7.88. The van der Waals surface area contributed by atoms with E-state index in [1.165, 1.54) is 0 Å². The third-order valence-electron chi connectivity index (χ3n) is 6.18. The molecule has 7 nitrogen and oxygen atoms in total. The summed E-state index contributed by atoms with van der Waals surface area (Å²) in [6.07, 6.45) is -0.194. The summed E-state index contributed by atoms with van der Waals surface area (Å²) in [5.74, 6) is 1.51. The van der Waals surface area contributed by atoms with E-state index in [4.69, 9.17) is 9.47 Å². The molecule has 2 fully saturated rings. The molecule has 4 rings (SSSR count). The number of methoxy groups -OCH3 is 2. The molecule has 0 aliphatic carbocycles. The monoisotopic (exact) mass is 431 g/mol. The molecule has 3 atom stereocenters. The van der Waals surface area contributed by atoms with E-state index >= 15 is 0 Å². The van der Waals surface area contributed by atoms with E-state index in [-0.39, 0.29) is 12.1 Å². The first-order chi connectivity index (χ1) is 14.4. The van der Waals surface area contributed by atoms with Crippen LogP contribution in [0.1, 0.15) is 17.7 Å². The number of nitrogens with zero attached hydrogens (tertiary/aromatic N) is 2. The Bertz CT molecular complexity index is 955. The number of ether oxygens (including phenoxy) is 2. The smallest absolute Gasteiger partial charge is 0.220 e. The molecule has 3 unspecified atom stereocenters. The lowest BCUT2D eigenvalue weighted by atomic mass is 9.96. The third kappa shape index (κ3) is 3.99. The molecule has 0 saturated carbocycles. The largest absolute Gasteiger partial charge is 0.497 e. The van der Waals surface area contributed by atoms with E-state index in [0.29, 0.717) is 0 Å². The van der Waals surface area contributed by atoms with E-state index in [2.05, 4.69) is 26.7 Å². The molecule has 2 saturated heterocycles. The summed E-state index contributed by atoms with van der Waals surface area (Å²) in [6, 6.07) is 15.4. The molecule has 2 heterocycles. The minimum absolute atomic E-state index is 0.0593. The Morgan fingerprint density at radius 3 is 1.93 bits per heavy atom. The Labute approximate surface area is 178 Å². The highest BCUT2D eigenvalue weighted by Crippen LogP contribution is 2.39. The van der Waals surface area contributed by atoms with Crippen LogP contribution in [0.3, 0.4) is 0 Å². The molecule has 162 valence electrons. The zero-order valence-electron chi connectivity index (χ0n) is 17.6. The molecule has 1 N–H and O–H groups in total. The fourth-order valence-electron chi connectivity index (χ4n) is 4.53. The Balaban J connectivity index is 1.44. The van der Waals surface area contributed by atoms with Crippen LogP contribution in [0.25, 0.3) is 0 Å². The molecule has 2 aromatic carbocycles. The SMILES string of the molecule is COc1ccc(C2C(C)C(N3CCN(c4ccc(OC)cc4)CC3)NS2(=O)=O)cc1. The van der Waals surface area contributed by atoms with E-state index in [1.54, 1.807) is 14.2 Å². The van der Waals surface area contributed by atoms with Gasteiger partial charge in [-0.3, -0.25) is 4.90 Å². The molecule has 0 bridgehead atoms. The van der Waals surface area contributed by atoms with Crippen molar-refractivity contribution in [2.24, 2.45) is 5.92 Å². The maximum atomic E-state index is 12.9. The van der Waals surface area contributed by atoms with Gasteiger partial charge in [-0.25, -0.2) is 8.42 Å². The van der Waals surface area contributed by atoms with Crippen molar-refractivity contribution in [3.8, 4) is 11.5 Å². The topological polar surface area (TPSA) is 71.1 Å². The number of hydrogen-bond acceptors (Lipinski definition) is 6. The Hall–Kier alpha value is -2.29. The summed E-state index contributed by atoms with van der Waals surface area (Å²) < 4.78 is 39.2. The van der Waals surface area contributed by atoms with Gasteiger partial charge in [-0.2, -0.15) is 4.72 Å². The molecule has 2 aromatic rings. The van der Waals surface area contributed by atoms with Gasteiger partial charge in [0, 0.05) is 37.8 Å². The quantitative estimate of drug-likeness (QED) is 0.784. The fourth-order valence-corrected chi connectivity index (χ4v) is 6.61. The maximum Gasteiger partial charge on any atom is 0.220 e. The van der Waals surface area contributed by atoms with Crippen LogP contribution in [0.2, 0.25) is 0 Å². The second-order valence-corrected chi connectivity index (χ2v) is 9.72. The van der Waals surface area contributed by atoms with Crippen molar-refractivity contribution in [3.63, 3.8) is 0 Å². The van der Waals surface area contributed by atoms with Crippen molar-refractivity contribution >= 4 is 15.7 Å². The van der Waals surface area contributed by atoms with E-state index < -0.39 is 15.3 Å². The predicted molar refractivity (Wildman–Crippen MR) is 118 cm³/mol. The number of piperazine rings is 1. The van der Waals surface area contributed by atoms with Gasteiger partial charge in [0.2, 0.25) is 10.0 Å². The van der Waals surface area contributed by atoms with Crippen LogP contribution in [-0.4, -0.2) is 59.9 Å². The zero-order valence-corrected chi connectivity index (χ0v) is 18.4. The van der Waals surface area contributed by atoms with E-state index in [1.807, 2.05) is 43.3 Å². The van der Waals surface area contributed by atoms with E-state index in [9.17, 15) is 8.42 Å². The predicted octanol–water partition coefficient (Wildman–Crippen LogP) is 2.46. The summed E-state index contributed by atoms with van der Waals surface area (Å²) in [4.78, 5) is 4.58.